The second-order valence-electron chi connectivity index (χ2n) is 17.0. The second-order valence-corrected chi connectivity index (χ2v) is 17.0. The van der Waals surface area contributed by atoms with Crippen LogP contribution in [0.1, 0.15) is 239 Å². The Labute approximate surface area is 346 Å². The Morgan fingerprint density at radius 2 is 0.857 bits per heavy atom. The number of carbonyl (C=O) groups excluding carboxylic acids is 3. The van der Waals surface area contributed by atoms with Gasteiger partial charge in [0.05, 0.1) is 12.7 Å². The molecule has 1 saturated heterocycles. The lowest BCUT2D eigenvalue weighted by Gasteiger charge is -2.28. The van der Waals surface area contributed by atoms with Gasteiger partial charge >= 0.3 is 17.9 Å². The molecule has 1 unspecified atom stereocenters. The van der Waals surface area contributed by atoms with E-state index in [4.69, 9.17) is 18.9 Å². The molecule has 330 valence electrons. The SMILES string of the molecule is CCCCCCCCOC(=O)CCCCCCCC(CCCCCCCC(=O)OC(CCCCCCC)CCCCCCC)OC(=O)COC1CCN(C)CC1. The normalized spacial score (nSPS) is 14.3. The van der Waals surface area contributed by atoms with Crippen LogP contribution in [-0.4, -0.2) is 74.5 Å². The van der Waals surface area contributed by atoms with Gasteiger partial charge in [-0.05, 0) is 90.5 Å². The molecule has 1 aliphatic rings. The minimum atomic E-state index is -0.243. The summed E-state index contributed by atoms with van der Waals surface area (Å²) in [5.41, 5.74) is 0. The Kier molecular flexibility index (Phi) is 36.3. The third kappa shape index (κ3) is 33.3. The molecule has 0 bridgehead atoms. The van der Waals surface area contributed by atoms with Gasteiger partial charge in [0.25, 0.3) is 0 Å². The van der Waals surface area contributed by atoms with Gasteiger partial charge in [-0.25, -0.2) is 4.79 Å². The van der Waals surface area contributed by atoms with Crippen LogP contribution in [0.15, 0.2) is 0 Å². The van der Waals surface area contributed by atoms with E-state index in [1.807, 2.05) is 0 Å². The van der Waals surface area contributed by atoms with Gasteiger partial charge in [0, 0.05) is 25.9 Å². The number of rotatable bonds is 40. The summed E-state index contributed by atoms with van der Waals surface area (Å²) >= 11 is 0. The zero-order valence-corrected chi connectivity index (χ0v) is 37.4. The minimum Gasteiger partial charge on any atom is -0.466 e. The first-order valence-electron chi connectivity index (χ1n) is 24.2. The average molecular weight is 794 g/mol. The predicted molar refractivity (Wildman–Crippen MR) is 232 cm³/mol. The molecule has 0 aromatic rings. The number of unbranched alkanes of at least 4 members (excludes halogenated alkanes) is 21. The lowest BCUT2D eigenvalue weighted by atomic mass is 10.0. The molecule has 1 rings (SSSR count). The molecule has 8 nitrogen and oxygen atoms in total. The zero-order chi connectivity index (χ0) is 40.7. The summed E-state index contributed by atoms with van der Waals surface area (Å²) in [5.74, 6) is -0.323. The van der Waals surface area contributed by atoms with Crippen LogP contribution in [0.4, 0.5) is 0 Å². The summed E-state index contributed by atoms with van der Waals surface area (Å²) < 4.78 is 23.4. The molecular weight excluding hydrogens is 703 g/mol. The Bertz CT molecular complexity index is 892. The first-order chi connectivity index (χ1) is 27.4. The molecule has 0 spiro atoms. The zero-order valence-electron chi connectivity index (χ0n) is 37.4. The molecule has 56 heavy (non-hydrogen) atoms. The number of piperidine rings is 1. The van der Waals surface area contributed by atoms with Gasteiger partial charge in [0.15, 0.2) is 0 Å². The highest BCUT2D eigenvalue weighted by Crippen LogP contribution is 2.20. The maximum atomic E-state index is 12.8. The summed E-state index contributed by atoms with van der Waals surface area (Å²) in [6.07, 6.45) is 36.6. The Balaban J connectivity index is 2.35. The molecule has 1 aliphatic heterocycles. The fraction of sp³-hybridized carbons (Fsp3) is 0.938. The Hall–Kier alpha value is -1.67. The van der Waals surface area contributed by atoms with Crippen LogP contribution >= 0.6 is 0 Å². The molecule has 1 fully saturated rings. The van der Waals surface area contributed by atoms with Crippen molar-refractivity contribution in [1.82, 2.24) is 4.90 Å². The fourth-order valence-electron chi connectivity index (χ4n) is 7.76. The van der Waals surface area contributed by atoms with Gasteiger partial charge in [0.2, 0.25) is 0 Å². The van der Waals surface area contributed by atoms with Crippen LogP contribution in [-0.2, 0) is 33.3 Å². The van der Waals surface area contributed by atoms with Gasteiger partial charge in [0.1, 0.15) is 18.8 Å². The number of hydrogen-bond donors (Lipinski definition) is 0. The summed E-state index contributed by atoms with van der Waals surface area (Å²) in [5, 5.41) is 0. The summed E-state index contributed by atoms with van der Waals surface area (Å²) in [6.45, 7) is 9.31. The number of nitrogens with zero attached hydrogens (tertiary/aromatic N) is 1. The van der Waals surface area contributed by atoms with Crippen LogP contribution in [0.25, 0.3) is 0 Å². The smallest absolute Gasteiger partial charge is 0.332 e. The molecule has 8 heteroatoms. The van der Waals surface area contributed by atoms with E-state index in [0.29, 0.717) is 19.4 Å². The maximum Gasteiger partial charge on any atom is 0.332 e. The standard InChI is InChI=1S/C48H91NO7/c1-5-8-11-14-23-30-41-53-46(50)35-28-21-15-19-26-33-45(56-48(52)42-54-43-37-39-49(4)40-38-43)34-27-20-16-22-29-36-47(51)55-44(31-24-17-12-9-6-2)32-25-18-13-10-7-3/h43-45H,5-42H2,1-4H3. The van der Waals surface area contributed by atoms with Crippen molar-refractivity contribution in [3.63, 3.8) is 0 Å². The van der Waals surface area contributed by atoms with Crippen LogP contribution in [0.2, 0.25) is 0 Å². The maximum absolute atomic E-state index is 12.8. The van der Waals surface area contributed by atoms with Crippen molar-refractivity contribution in [2.75, 3.05) is 33.4 Å². The van der Waals surface area contributed by atoms with Gasteiger partial charge in [-0.2, -0.15) is 0 Å². The lowest BCUT2D eigenvalue weighted by Crippen LogP contribution is -2.35. The molecule has 0 radical (unpaired) electrons. The number of esters is 3. The Morgan fingerprint density at radius 3 is 1.32 bits per heavy atom. The quantitative estimate of drug-likeness (QED) is 0.0344. The number of likely N-dealkylation sites (tertiary alicyclic amines) is 1. The molecule has 0 N–H and O–H groups in total. The summed E-state index contributed by atoms with van der Waals surface area (Å²) in [6, 6.07) is 0. The first kappa shape index (κ1) is 52.3. The molecule has 0 aliphatic carbocycles. The molecule has 0 aromatic heterocycles. The van der Waals surface area contributed by atoms with Gasteiger partial charge < -0.3 is 23.8 Å². The largest absolute Gasteiger partial charge is 0.466 e. The van der Waals surface area contributed by atoms with Crippen LogP contribution in [0.5, 0.6) is 0 Å². The van der Waals surface area contributed by atoms with Gasteiger partial charge in [-0.1, -0.05) is 143 Å². The molecular formula is C48H91NO7. The highest BCUT2D eigenvalue weighted by atomic mass is 16.6. The molecule has 0 aromatic carbocycles. The van der Waals surface area contributed by atoms with Crippen LogP contribution < -0.4 is 0 Å². The summed E-state index contributed by atoms with van der Waals surface area (Å²) in [4.78, 5) is 40.0. The minimum absolute atomic E-state index is 0.0185. The van der Waals surface area contributed by atoms with Crippen LogP contribution in [0, 0.1) is 0 Å². The van der Waals surface area contributed by atoms with E-state index in [0.717, 1.165) is 142 Å². The van der Waals surface area contributed by atoms with Crippen molar-refractivity contribution in [2.24, 2.45) is 0 Å². The van der Waals surface area contributed by atoms with Crippen molar-refractivity contribution in [1.29, 1.82) is 0 Å². The van der Waals surface area contributed by atoms with E-state index in [9.17, 15) is 14.4 Å². The number of carbonyl (C=O) groups is 3. The highest BCUT2D eigenvalue weighted by Gasteiger charge is 2.20. The lowest BCUT2D eigenvalue weighted by molar-refractivity contribution is -0.158. The van der Waals surface area contributed by atoms with Crippen LogP contribution in [0.3, 0.4) is 0 Å². The molecule has 1 heterocycles. The highest BCUT2D eigenvalue weighted by molar-refractivity contribution is 5.71. The van der Waals surface area contributed by atoms with E-state index in [-0.39, 0.29) is 42.8 Å². The van der Waals surface area contributed by atoms with Gasteiger partial charge in [-0.15, -0.1) is 0 Å². The van der Waals surface area contributed by atoms with Crippen molar-refractivity contribution in [3.8, 4) is 0 Å². The topological polar surface area (TPSA) is 91.4 Å². The van der Waals surface area contributed by atoms with E-state index in [2.05, 4.69) is 32.7 Å². The third-order valence-corrected chi connectivity index (χ3v) is 11.5. The second kappa shape index (κ2) is 38.8. The molecule has 0 saturated carbocycles. The molecule has 0 amide bonds. The van der Waals surface area contributed by atoms with E-state index in [1.54, 1.807) is 0 Å². The van der Waals surface area contributed by atoms with E-state index >= 15 is 0 Å². The Morgan fingerprint density at radius 1 is 0.482 bits per heavy atom. The first-order valence-corrected chi connectivity index (χ1v) is 24.2. The van der Waals surface area contributed by atoms with Gasteiger partial charge in [-0.3, -0.25) is 9.59 Å². The fourth-order valence-corrected chi connectivity index (χ4v) is 7.76. The third-order valence-electron chi connectivity index (χ3n) is 11.5. The monoisotopic (exact) mass is 794 g/mol. The molecule has 1 atom stereocenters. The van der Waals surface area contributed by atoms with E-state index in [1.165, 1.54) is 77.0 Å². The van der Waals surface area contributed by atoms with E-state index < -0.39 is 0 Å². The summed E-state index contributed by atoms with van der Waals surface area (Å²) in [7, 11) is 2.12. The van der Waals surface area contributed by atoms with Crippen molar-refractivity contribution in [3.05, 3.63) is 0 Å². The van der Waals surface area contributed by atoms with Crippen molar-refractivity contribution >= 4 is 17.9 Å². The number of hydrogen-bond acceptors (Lipinski definition) is 8. The number of ether oxygens (including phenoxy) is 4. The predicted octanol–water partition coefficient (Wildman–Crippen LogP) is 13.0. The average Bonchev–Trinajstić information content (AvgIpc) is 3.19. The van der Waals surface area contributed by atoms with Crippen molar-refractivity contribution in [2.45, 2.75) is 257 Å². The van der Waals surface area contributed by atoms with Crippen molar-refractivity contribution < 1.29 is 33.3 Å².